The van der Waals surface area contributed by atoms with Crippen molar-refractivity contribution in [2.45, 2.75) is 25.3 Å². The van der Waals surface area contributed by atoms with Crippen molar-refractivity contribution in [3.05, 3.63) is 77.2 Å². The summed E-state index contributed by atoms with van der Waals surface area (Å²) in [5.41, 5.74) is 5.21. The van der Waals surface area contributed by atoms with Gasteiger partial charge in [0.1, 0.15) is 11.0 Å². The highest BCUT2D eigenvalue weighted by molar-refractivity contribution is 6.29. The first kappa shape index (κ1) is 16.3. The number of hydrogen-bond acceptors (Lipinski definition) is 4. The fraction of sp³-hybridized carbons (Fsp3) is 0.190. The zero-order chi connectivity index (χ0) is 18.2. The van der Waals surface area contributed by atoms with Crippen molar-refractivity contribution < 1.29 is 0 Å². The second-order valence-electron chi connectivity index (χ2n) is 6.84. The van der Waals surface area contributed by atoms with E-state index in [2.05, 4.69) is 38.6 Å². The number of nitrogens with one attached hydrogen (secondary N) is 1. The number of pyridine rings is 1. The largest absolute Gasteiger partial charge is 0.366 e. The van der Waals surface area contributed by atoms with E-state index in [4.69, 9.17) is 11.6 Å². The summed E-state index contributed by atoms with van der Waals surface area (Å²) in [7, 11) is 0. The molecule has 0 atom stereocenters. The van der Waals surface area contributed by atoms with Crippen molar-refractivity contribution in [3.63, 3.8) is 0 Å². The Balaban J connectivity index is 1.37. The zero-order valence-electron chi connectivity index (χ0n) is 14.6. The van der Waals surface area contributed by atoms with Gasteiger partial charge >= 0.3 is 0 Å². The average molecular weight is 376 g/mol. The van der Waals surface area contributed by atoms with Gasteiger partial charge in [0, 0.05) is 29.9 Å². The van der Waals surface area contributed by atoms with Crippen molar-refractivity contribution >= 4 is 23.1 Å². The Morgan fingerprint density at radius 1 is 1.07 bits per heavy atom. The molecule has 1 N–H and O–H groups in total. The van der Waals surface area contributed by atoms with Crippen molar-refractivity contribution in [3.8, 4) is 11.3 Å². The Hall–Kier alpha value is -2.92. The highest BCUT2D eigenvalue weighted by Crippen LogP contribution is 2.42. The molecule has 3 heterocycles. The quantitative estimate of drug-likeness (QED) is 0.502. The molecule has 3 aromatic heterocycles. The first-order chi connectivity index (χ1) is 13.3. The van der Waals surface area contributed by atoms with Gasteiger partial charge in [-0.1, -0.05) is 48.0 Å². The normalized spacial score (nSPS) is 13.8. The first-order valence-electron chi connectivity index (χ1n) is 9.06. The summed E-state index contributed by atoms with van der Waals surface area (Å²) in [5.74, 6) is 1.42. The molecule has 1 aliphatic carbocycles. The Bertz CT molecular complexity index is 1080. The maximum atomic E-state index is 6.24. The summed E-state index contributed by atoms with van der Waals surface area (Å²) >= 11 is 6.24. The first-order valence-corrected chi connectivity index (χ1v) is 9.44. The monoisotopic (exact) mass is 375 g/mol. The van der Waals surface area contributed by atoms with Gasteiger partial charge in [-0.2, -0.15) is 9.61 Å². The van der Waals surface area contributed by atoms with Crippen molar-refractivity contribution in [1.29, 1.82) is 0 Å². The van der Waals surface area contributed by atoms with Gasteiger partial charge in [0.25, 0.3) is 0 Å². The highest BCUT2D eigenvalue weighted by Gasteiger charge is 2.28. The molecule has 1 saturated carbocycles. The van der Waals surface area contributed by atoms with Gasteiger partial charge in [0.2, 0.25) is 0 Å². The standard InChI is InChI=1S/C21H18ClN5/c22-19-10-20(27-21(26-19)17(13-25-27)15-7-8-15)24-12-14-6-9-18(23-11-14)16-4-2-1-3-5-16/h1-6,9-11,13,15,24H,7-8,12H2. The Morgan fingerprint density at radius 2 is 1.93 bits per heavy atom. The molecule has 0 saturated heterocycles. The third-order valence-electron chi connectivity index (χ3n) is 4.85. The molecule has 0 amide bonds. The smallest absolute Gasteiger partial charge is 0.162 e. The van der Waals surface area contributed by atoms with Gasteiger partial charge in [-0.15, -0.1) is 0 Å². The molecule has 0 unspecified atom stereocenters. The molecule has 134 valence electrons. The van der Waals surface area contributed by atoms with Crippen LogP contribution in [-0.2, 0) is 6.54 Å². The van der Waals surface area contributed by atoms with Gasteiger partial charge in [0.05, 0.1) is 11.9 Å². The Kier molecular flexibility index (Phi) is 4.02. The fourth-order valence-electron chi connectivity index (χ4n) is 3.26. The van der Waals surface area contributed by atoms with E-state index in [-0.39, 0.29) is 0 Å². The molecule has 1 aromatic carbocycles. The number of hydrogen-bond donors (Lipinski definition) is 1. The van der Waals surface area contributed by atoms with Gasteiger partial charge in [-0.25, -0.2) is 4.98 Å². The van der Waals surface area contributed by atoms with Crippen LogP contribution in [0.15, 0.2) is 60.9 Å². The third-order valence-corrected chi connectivity index (χ3v) is 5.05. The van der Waals surface area contributed by atoms with Crippen molar-refractivity contribution in [2.24, 2.45) is 0 Å². The van der Waals surface area contributed by atoms with Gasteiger partial charge in [0.15, 0.2) is 5.65 Å². The molecule has 0 aliphatic heterocycles. The summed E-state index contributed by atoms with van der Waals surface area (Å²) in [6.07, 6.45) is 6.22. The van der Waals surface area contributed by atoms with Gasteiger partial charge in [-0.3, -0.25) is 4.98 Å². The maximum Gasteiger partial charge on any atom is 0.162 e. The van der Waals surface area contributed by atoms with E-state index in [1.54, 1.807) is 0 Å². The molecule has 4 aromatic rings. The summed E-state index contributed by atoms with van der Waals surface area (Å²) in [6.45, 7) is 0.635. The lowest BCUT2D eigenvalue weighted by atomic mass is 10.1. The second kappa shape index (κ2) is 6.67. The maximum absolute atomic E-state index is 6.24. The van der Waals surface area contributed by atoms with Crippen molar-refractivity contribution in [2.75, 3.05) is 5.32 Å². The van der Waals surface area contributed by atoms with Crippen LogP contribution < -0.4 is 5.32 Å². The van der Waals surface area contributed by atoms with Crippen LogP contribution in [0.1, 0.15) is 29.9 Å². The Labute approximate surface area is 162 Å². The molecule has 0 spiro atoms. The van der Waals surface area contributed by atoms with E-state index < -0.39 is 0 Å². The number of benzene rings is 1. The minimum Gasteiger partial charge on any atom is -0.366 e. The number of anilines is 1. The predicted molar refractivity (Wildman–Crippen MR) is 107 cm³/mol. The minimum absolute atomic E-state index is 0.477. The lowest BCUT2D eigenvalue weighted by Crippen LogP contribution is -2.06. The molecule has 5 rings (SSSR count). The summed E-state index contributed by atoms with van der Waals surface area (Å²) in [4.78, 5) is 9.05. The van der Waals surface area contributed by atoms with Crippen LogP contribution in [0.25, 0.3) is 16.9 Å². The number of aromatic nitrogens is 4. The average Bonchev–Trinajstić information content (AvgIpc) is 3.46. The molecular formula is C21H18ClN5. The van der Waals surface area contributed by atoms with E-state index in [1.807, 2.05) is 47.2 Å². The predicted octanol–water partition coefficient (Wildman–Crippen LogP) is 4.93. The van der Waals surface area contributed by atoms with E-state index in [9.17, 15) is 0 Å². The lowest BCUT2D eigenvalue weighted by molar-refractivity contribution is 0.924. The van der Waals surface area contributed by atoms with E-state index in [0.717, 1.165) is 28.3 Å². The molecular weight excluding hydrogens is 358 g/mol. The van der Waals surface area contributed by atoms with E-state index in [0.29, 0.717) is 17.6 Å². The molecule has 27 heavy (non-hydrogen) atoms. The summed E-state index contributed by atoms with van der Waals surface area (Å²) in [5, 5.41) is 8.39. The van der Waals surface area contributed by atoms with Crippen LogP contribution in [-0.4, -0.2) is 19.6 Å². The number of halogens is 1. The summed E-state index contributed by atoms with van der Waals surface area (Å²) < 4.78 is 1.84. The van der Waals surface area contributed by atoms with E-state index in [1.165, 1.54) is 18.4 Å². The van der Waals surface area contributed by atoms with Crippen LogP contribution >= 0.6 is 11.6 Å². The molecule has 6 heteroatoms. The fourth-order valence-corrected chi connectivity index (χ4v) is 3.44. The number of nitrogens with zero attached hydrogens (tertiary/aromatic N) is 4. The SMILES string of the molecule is Clc1cc(NCc2ccc(-c3ccccc3)nc2)n2ncc(C3CC3)c2n1. The van der Waals surface area contributed by atoms with Gasteiger partial charge in [-0.05, 0) is 30.4 Å². The third kappa shape index (κ3) is 3.26. The topological polar surface area (TPSA) is 55.1 Å². The van der Waals surface area contributed by atoms with E-state index >= 15 is 0 Å². The zero-order valence-corrected chi connectivity index (χ0v) is 15.4. The Morgan fingerprint density at radius 3 is 2.67 bits per heavy atom. The molecule has 0 bridgehead atoms. The molecule has 5 nitrogen and oxygen atoms in total. The second-order valence-corrected chi connectivity index (χ2v) is 7.23. The number of fused-ring (bicyclic) bond motifs is 1. The molecule has 1 fully saturated rings. The van der Waals surface area contributed by atoms with Crippen LogP contribution in [0.5, 0.6) is 0 Å². The van der Waals surface area contributed by atoms with Crippen LogP contribution in [0.2, 0.25) is 5.15 Å². The van der Waals surface area contributed by atoms with Crippen LogP contribution in [0, 0.1) is 0 Å². The lowest BCUT2D eigenvalue weighted by Gasteiger charge is -2.10. The minimum atomic E-state index is 0.477. The molecule has 1 aliphatic rings. The number of rotatable bonds is 5. The van der Waals surface area contributed by atoms with Crippen LogP contribution in [0.4, 0.5) is 5.82 Å². The van der Waals surface area contributed by atoms with Crippen LogP contribution in [0.3, 0.4) is 0 Å². The summed E-state index contributed by atoms with van der Waals surface area (Å²) in [6, 6.07) is 16.1. The molecule has 0 radical (unpaired) electrons. The highest BCUT2D eigenvalue weighted by atomic mass is 35.5. The van der Waals surface area contributed by atoms with Crippen molar-refractivity contribution in [1.82, 2.24) is 19.6 Å². The van der Waals surface area contributed by atoms with Gasteiger partial charge < -0.3 is 5.32 Å².